The Bertz CT molecular complexity index is 776. The number of fused-ring (bicyclic) bond motifs is 1. The zero-order valence-electron chi connectivity index (χ0n) is 16.0. The molecule has 0 aliphatic carbocycles. The van der Waals surface area contributed by atoms with E-state index in [1.54, 1.807) is 13.2 Å². The van der Waals surface area contributed by atoms with Gasteiger partial charge >= 0.3 is 6.03 Å². The van der Waals surface area contributed by atoms with E-state index in [0.29, 0.717) is 24.9 Å². The normalized spacial score (nSPS) is 13.3. The molecule has 1 aliphatic heterocycles. The summed E-state index contributed by atoms with van der Waals surface area (Å²) in [6.07, 6.45) is 1.73. The highest BCUT2D eigenvalue weighted by molar-refractivity contribution is 5.93. The van der Waals surface area contributed by atoms with Crippen LogP contribution in [-0.2, 0) is 6.54 Å². The number of carbonyl (C=O) groups is 1. The van der Waals surface area contributed by atoms with Gasteiger partial charge < -0.3 is 20.3 Å². The van der Waals surface area contributed by atoms with E-state index in [1.807, 2.05) is 24.3 Å². The van der Waals surface area contributed by atoms with Crippen LogP contribution in [0.25, 0.3) is 0 Å². The molecule has 0 atom stereocenters. The maximum atomic E-state index is 11.7. The van der Waals surface area contributed by atoms with Crippen molar-refractivity contribution in [3.8, 4) is 5.75 Å². The van der Waals surface area contributed by atoms with Crippen LogP contribution in [0.2, 0.25) is 0 Å². The second-order valence-corrected chi connectivity index (χ2v) is 6.28. The van der Waals surface area contributed by atoms with Crippen molar-refractivity contribution >= 4 is 23.5 Å². The van der Waals surface area contributed by atoms with Gasteiger partial charge in [0.15, 0.2) is 0 Å². The summed E-state index contributed by atoms with van der Waals surface area (Å²) in [5.74, 6) is 1.90. The molecule has 2 aromatic rings. The van der Waals surface area contributed by atoms with E-state index in [-0.39, 0.29) is 6.03 Å². The van der Waals surface area contributed by atoms with Crippen LogP contribution in [0.4, 0.5) is 22.2 Å². The van der Waals surface area contributed by atoms with Crippen LogP contribution in [0, 0.1) is 0 Å². The van der Waals surface area contributed by atoms with Gasteiger partial charge in [-0.25, -0.2) is 9.78 Å². The standard InChI is InChI=1S/C19H26N6O2/c1-4-25(5-2)10-11-27-16-8-6-15(7-9-16)22-18-20-12-14-13-21-19(26)24(3)17(14)23-18/h6-9,12H,4-5,10-11,13H2,1-3H3,(H,21,26)(H,20,22,23). The minimum atomic E-state index is -0.168. The molecule has 0 saturated carbocycles. The molecule has 1 aliphatic rings. The van der Waals surface area contributed by atoms with Gasteiger partial charge in [-0.05, 0) is 37.4 Å². The second-order valence-electron chi connectivity index (χ2n) is 6.28. The fraction of sp³-hybridized carbons (Fsp3) is 0.421. The Kier molecular flexibility index (Phi) is 6.08. The van der Waals surface area contributed by atoms with E-state index in [1.165, 1.54) is 4.90 Å². The summed E-state index contributed by atoms with van der Waals surface area (Å²) >= 11 is 0. The second kappa shape index (κ2) is 8.68. The number of aromatic nitrogens is 2. The zero-order valence-corrected chi connectivity index (χ0v) is 16.0. The minimum Gasteiger partial charge on any atom is -0.492 e. The van der Waals surface area contributed by atoms with E-state index in [4.69, 9.17) is 4.74 Å². The van der Waals surface area contributed by atoms with Gasteiger partial charge in [-0.1, -0.05) is 13.8 Å². The number of nitrogens with one attached hydrogen (secondary N) is 2. The Morgan fingerprint density at radius 2 is 2.00 bits per heavy atom. The van der Waals surface area contributed by atoms with Crippen LogP contribution >= 0.6 is 0 Å². The first-order chi connectivity index (χ1) is 13.1. The quantitative estimate of drug-likeness (QED) is 0.743. The maximum absolute atomic E-state index is 11.7. The van der Waals surface area contributed by atoms with Crippen LogP contribution in [0.5, 0.6) is 5.75 Å². The lowest BCUT2D eigenvalue weighted by Gasteiger charge is -2.25. The molecule has 0 fully saturated rings. The van der Waals surface area contributed by atoms with E-state index in [0.717, 1.165) is 36.6 Å². The van der Waals surface area contributed by atoms with Crippen molar-refractivity contribution in [2.45, 2.75) is 20.4 Å². The van der Waals surface area contributed by atoms with Crippen LogP contribution < -0.4 is 20.3 Å². The molecule has 2 N–H and O–H groups in total. The van der Waals surface area contributed by atoms with Crippen molar-refractivity contribution in [1.82, 2.24) is 20.2 Å². The first-order valence-electron chi connectivity index (χ1n) is 9.20. The van der Waals surface area contributed by atoms with Crippen molar-refractivity contribution in [3.63, 3.8) is 0 Å². The number of urea groups is 1. The molecule has 1 aromatic carbocycles. The average molecular weight is 370 g/mol. The molecular weight excluding hydrogens is 344 g/mol. The molecular formula is C19H26N6O2. The maximum Gasteiger partial charge on any atom is 0.323 e. The van der Waals surface area contributed by atoms with Gasteiger partial charge in [0.05, 0.1) is 0 Å². The SMILES string of the molecule is CCN(CC)CCOc1ccc(Nc2ncc3c(n2)N(C)C(=O)NC3)cc1. The number of nitrogens with zero attached hydrogens (tertiary/aromatic N) is 4. The van der Waals surface area contributed by atoms with Crippen molar-refractivity contribution in [2.75, 3.05) is 43.5 Å². The fourth-order valence-corrected chi connectivity index (χ4v) is 2.85. The van der Waals surface area contributed by atoms with Gasteiger partial charge in [-0.15, -0.1) is 0 Å². The lowest BCUT2D eigenvalue weighted by Crippen LogP contribution is -2.42. The number of carbonyl (C=O) groups excluding carboxylic acids is 1. The summed E-state index contributed by atoms with van der Waals surface area (Å²) in [7, 11) is 1.69. The van der Waals surface area contributed by atoms with Crippen LogP contribution in [-0.4, -0.2) is 54.2 Å². The predicted octanol–water partition coefficient (Wildman–Crippen LogP) is 2.60. The molecule has 2 amide bonds. The third-order valence-corrected chi connectivity index (χ3v) is 4.58. The molecule has 0 saturated heterocycles. The molecule has 2 heterocycles. The molecule has 27 heavy (non-hydrogen) atoms. The van der Waals surface area contributed by atoms with Crippen LogP contribution in [0.3, 0.4) is 0 Å². The molecule has 3 rings (SSSR count). The fourth-order valence-electron chi connectivity index (χ4n) is 2.85. The number of anilines is 3. The number of amides is 2. The Labute approximate surface area is 159 Å². The summed E-state index contributed by atoms with van der Waals surface area (Å²) in [5.41, 5.74) is 1.74. The van der Waals surface area contributed by atoms with E-state index < -0.39 is 0 Å². The van der Waals surface area contributed by atoms with Gasteiger partial charge in [0.1, 0.15) is 18.2 Å². The molecule has 0 radical (unpaired) electrons. The van der Waals surface area contributed by atoms with Crippen molar-refractivity contribution < 1.29 is 9.53 Å². The average Bonchev–Trinajstić information content (AvgIpc) is 2.70. The van der Waals surface area contributed by atoms with Crippen molar-refractivity contribution in [1.29, 1.82) is 0 Å². The number of benzene rings is 1. The molecule has 144 valence electrons. The Morgan fingerprint density at radius 1 is 1.26 bits per heavy atom. The third-order valence-electron chi connectivity index (χ3n) is 4.58. The molecule has 8 heteroatoms. The minimum absolute atomic E-state index is 0.168. The Hall–Kier alpha value is -2.87. The highest BCUT2D eigenvalue weighted by atomic mass is 16.5. The number of rotatable bonds is 8. The summed E-state index contributed by atoms with van der Waals surface area (Å²) < 4.78 is 5.79. The first kappa shape index (κ1) is 18.9. The zero-order chi connectivity index (χ0) is 19.2. The molecule has 0 spiro atoms. The molecule has 0 bridgehead atoms. The molecule has 1 aromatic heterocycles. The number of ether oxygens (including phenoxy) is 1. The molecule has 0 unspecified atom stereocenters. The summed E-state index contributed by atoms with van der Waals surface area (Å²) in [6.45, 7) is 8.38. The van der Waals surface area contributed by atoms with Crippen LogP contribution in [0.1, 0.15) is 19.4 Å². The monoisotopic (exact) mass is 370 g/mol. The topological polar surface area (TPSA) is 82.6 Å². The lowest BCUT2D eigenvalue weighted by molar-refractivity contribution is 0.223. The Morgan fingerprint density at radius 3 is 2.70 bits per heavy atom. The number of hydrogen-bond donors (Lipinski definition) is 2. The van der Waals surface area contributed by atoms with Crippen molar-refractivity contribution in [3.05, 3.63) is 36.0 Å². The number of hydrogen-bond acceptors (Lipinski definition) is 6. The summed E-state index contributed by atoms with van der Waals surface area (Å²) in [4.78, 5) is 24.3. The van der Waals surface area contributed by atoms with Gasteiger partial charge in [0.2, 0.25) is 5.95 Å². The highest BCUT2D eigenvalue weighted by Gasteiger charge is 2.22. The van der Waals surface area contributed by atoms with Gasteiger partial charge in [0.25, 0.3) is 0 Å². The largest absolute Gasteiger partial charge is 0.492 e. The van der Waals surface area contributed by atoms with Crippen molar-refractivity contribution in [2.24, 2.45) is 0 Å². The predicted molar refractivity (Wildman–Crippen MR) is 106 cm³/mol. The van der Waals surface area contributed by atoms with E-state index in [9.17, 15) is 4.79 Å². The highest BCUT2D eigenvalue weighted by Crippen LogP contribution is 2.23. The van der Waals surface area contributed by atoms with Gasteiger partial charge in [-0.3, -0.25) is 4.90 Å². The first-order valence-corrected chi connectivity index (χ1v) is 9.20. The summed E-state index contributed by atoms with van der Waals surface area (Å²) in [6, 6.07) is 7.52. The van der Waals surface area contributed by atoms with E-state index in [2.05, 4.69) is 39.3 Å². The summed E-state index contributed by atoms with van der Waals surface area (Å²) in [5, 5.41) is 5.93. The molecule has 8 nitrogen and oxygen atoms in total. The van der Waals surface area contributed by atoms with Gasteiger partial charge in [0, 0.05) is 37.6 Å². The third kappa shape index (κ3) is 4.65. The number of likely N-dealkylation sites (N-methyl/N-ethyl adjacent to an activating group) is 1. The Balaban J connectivity index is 1.59. The van der Waals surface area contributed by atoms with E-state index >= 15 is 0 Å². The van der Waals surface area contributed by atoms with Crippen LogP contribution in [0.15, 0.2) is 30.5 Å². The smallest absolute Gasteiger partial charge is 0.323 e. The van der Waals surface area contributed by atoms with Gasteiger partial charge in [-0.2, -0.15) is 4.98 Å². The lowest BCUT2D eigenvalue weighted by atomic mass is 10.2.